The second-order valence-corrected chi connectivity index (χ2v) is 9.96. The van der Waals surface area contributed by atoms with Gasteiger partial charge in [-0.15, -0.1) is 0 Å². The van der Waals surface area contributed by atoms with E-state index in [-0.39, 0.29) is 17.3 Å². The van der Waals surface area contributed by atoms with Crippen molar-refractivity contribution in [3.8, 4) is 0 Å². The van der Waals surface area contributed by atoms with Crippen molar-refractivity contribution in [2.75, 3.05) is 20.1 Å². The Kier molecular flexibility index (Phi) is 9.24. The number of benzene rings is 2. The van der Waals surface area contributed by atoms with Gasteiger partial charge in [-0.25, -0.2) is 8.42 Å². The number of rotatable bonds is 10. The molecule has 0 aromatic heterocycles. The van der Waals surface area contributed by atoms with Crippen LogP contribution in [0.3, 0.4) is 0 Å². The van der Waals surface area contributed by atoms with Crippen molar-refractivity contribution < 1.29 is 18.0 Å². The maximum Gasteiger partial charge on any atom is 0.243 e. The summed E-state index contributed by atoms with van der Waals surface area (Å²) in [6.07, 6.45) is 0.400. The highest BCUT2D eigenvalue weighted by molar-refractivity contribution is 7.89. The molecule has 0 aliphatic rings. The molecule has 0 aliphatic heterocycles. The predicted octanol–water partition coefficient (Wildman–Crippen LogP) is 3.21. The molecule has 2 amide bonds. The van der Waals surface area contributed by atoms with E-state index in [1.807, 2.05) is 45.0 Å². The standard InChI is InChI=1S/C23H30ClN3O4S/c1-5-21(23(29)25-6-2)27(15-18-10-8-7-9-17(18)3)22(28)16-26(4)32(30,31)20-13-11-19(24)12-14-20/h7-14,21H,5-6,15-16H2,1-4H3,(H,25,29). The van der Waals surface area contributed by atoms with Crippen LogP contribution in [-0.4, -0.2) is 55.6 Å². The van der Waals surface area contributed by atoms with Gasteiger partial charge in [0, 0.05) is 25.2 Å². The van der Waals surface area contributed by atoms with Gasteiger partial charge in [-0.3, -0.25) is 9.59 Å². The third-order valence-corrected chi connectivity index (χ3v) is 7.29. The highest BCUT2D eigenvalue weighted by Gasteiger charge is 2.31. The zero-order valence-electron chi connectivity index (χ0n) is 18.8. The van der Waals surface area contributed by atoms with Crippen molar-refractivity contribution in [3.63, 3.8) is 0 Å². The average molecular weight is 480 g/mol. The van der Waals surface area contributed by atoms with Crippen molar-refractivity contribution >= 4 is 33.4 Å². The summed E-state index contributed by atoms with van der Waals surface area (Å²) in [5.41, 5.74) is 1.88. The maximum atomic E-state index is 13.3. The van der Waals surface area contributed by atoms with E-state index in [0.717, 1.165) is 15.4 Å². The largest absolute Gasteiger partial charge is 0.355 e. The Hall–Kier alpha value is -2.42. The molecule has 0 heterocycles. The van der Waals surface area contributed by atoms with Crippen LogP contribution < -0.4 is 5.32 Å². The number of carbonyl (C=O) groups is 2. The van der Waals surface area contributed by atoms with Crippen LogP contribution in [0.4, 0.5) is 0 Å². The molecule has 0 spiro atoms. The van der Waals surface area contributed by atoms with E-state index in [1.54, 1.807) is 0 Å². The fourth-order valence-electron chi connectivity index (χ4n) is 3.34. The van der Waals surface area contributed by atoms with Gasteiger partial charge in [-0.1, -0.05) is 42.8 Å². The van der Waals surface area contributed by atoms with Crippen LogP contribution in [0.25, 0.3) is 0 Å². The second-order valence-electron chi connectivity index (χ2n) is 7.48. The molecule has 2 rings (SSSR count). The molecule has 1 N–H and O–H groups in total. The maximum absolute atomic E-state index is 13.3. The molecule has 0 saturated carbocycles. The van der Waals surface area contributed by atoms with Gasteiger partial charge in [0.1, 0.15) is 6.04 Å². The molecule has 1 atom stereocenters. The van der Waals surface area contributed by atoms with E-state index in [4.69, 9.17) is 11.6 Å². The number of hydrogen-bond acceptors (Lipinski definition) is 4. The number of sulfonamides is 1. The van der Waals surface area contributed by atoms with Crippen molar-refractivity contribution in [2.24, 2.45) is 0 Å². The quantitative estimate of drug-likeness (QED) is 0.566. The number of aryl methyl sites for hydroxylation is 1. The lowest BCUT2D eigenvalue weighted by Gasteiger charge is -2.32. The Balaban J connectivity index is 2.33. The number of nitrogens with zero attached hydrogens (tertiary/aromatic N) is 2. The first kappa shape index (κ1) is 25.8. The first-order valence-corrected chi connectivity index (χ1v) is 12.3. The van der Waals surface area contributed by atoms with Gasteiger partial charge in [0.05, 0.1) is 11.4 Å². The lowest BCUT2D eigenvalue weighted by Crippen LogP contribution is -2.51. The summed E-state index contributed by atoms with van der Waals surface area (Å²) in [4.78, 5) is 27.5. The van der Waals surface area contributed by atoms with Crippen LogP contribution >= 0.6 is 11.6 Å². The fourth-order valence-corrected chi connectivity index (χ4v) is 4.58. The molecule has 9 heteroatoms. The van der Waals surface area contributed by atoms with Crippen LogP contribution in [0.2, 0.25) is 5.02 Å². The van der Waals surface area contributed by atoms with E-state index in [2.05, 4.69) is 5.32 Å². The number of hydrogen-bond donors (Lipinski definition) is 1. The third kappa shape index (κ3) is 6.31. The summed E-state index contributed by atoms with van der Waals surface area (Å²) < 4.78 is 26.8. The van der Waals surface area contributed by atoms with Gasteiger partial charge in [0.2, 0.25) is 21.8 Å². The summed E-state index contributed by atoms with van der Waals surface area (Å²) in [7, 11) is -2.55. The number of amides is 2. The minimum Gasteiger partial charge on any atom is -0.355 e. The molecule has 0 fully saturated rings. The zero-order chi connectivity index (χ0) is 23.9. The van der Waals surface area contributed by atoms with Gasteiger partial charge >= 0.3 is 0 Å². The molecule has 0 aliphatic carbocycles. The molecule has 0 radical (unpaired) electrons. The Bertz CT molecular complexity index is 1040. The molecular weight excluding hydrogens is 450 g/mol. The Morgan fingerprint density at radius 2 is 1.69 bits per heavy atom. The third-order valence-electron chi connectivity index (χ3n) is 5.22. The number of halogens is 1. The molecular formula is C23H30ClN3O4S. The van der Waals surface area contributed by atoms with Gasteiger partial charge < -0.3 is 10.2 Å². The summed E-state index contributed by atoms with van der Waals surface area (Å²) >= 11 is 5.86. The summed E-state index contributed by atoms with van der Waals surface area (Å²) in [5, 5.41) is 3.19. The Morgan fingerprint density at radius 3 is 2.25 bits per heavy atom. The number of carbonyl (C=O) groups excluding carboxylic acids is 2. The van der Waals surface area contributed by atoms with Crippen LogP contribution in [0.1, 0.15) is 31.4 Å². The topological polar surface area (TPSA) is 86.8 Å². The summed E-state index contributed by atoms with van der Waals surface area (Å²) in [6.45, 7) is 5.81. The lowest BCUT2D eigenvalue weighted by molar-refractivity contribution is -0.141. The SMILES string of the molecule is CCNC(=O)C(CC)N(Cc1ccccc1C)C(=O)CN(C)S(=O)(=O)c1ccc(Cl)cc1. The normalized spacial score (nSPS) is 12.4. The van der Waals surface area contributed by atoms with Crippen LogP contribution in [0.5, 0.6) is 0 Å². The van der Waals surface area contributed by atoms with E-state index in [9.17, 15) is 18.0 Å². The first-order valence-electron chi connectivity index (χ1n) is 10.4. The van der Waals surface area contributed by atoms with Crippen molar-refractivity contribution in [1.29, 1.82) is 0 Å². The predicted molar refractivity (Wildman–Crippen MR) is 126 cm³/mol. The van der Waals surface area contributed by atoms with Crippen molar-refractivity contribution in [2.45, 2.75) is 44.7 Å². The Labute approximate surface area is 195 Å². The smallest absolute Gasteiger partial charge is 0.243 e. The molecule has 2 aromatic carbocycles. The molecule has 174 valence electrons. The minimum absolute atomic E-state index is 0.0402. The van der Waals surface area contributed by atoms with Gasteiger partial charge in [0.15, 0.2) is 0 Å². The molecule has 1 unspecified atom stereocenters. The average Bonchev–Trinajstić information content (AvgIpc) is 2.75. The first-order chi connectivity index (χ1) is 15.1. The molecule has 0 saturated heterocycles. The van der Waals surface area contributed by atoms with Crippen LogP contribution in [-0.2, 0) is 26.2 Å². The molecule has 32 heavy (non-hydrogen) atoms. The lowest BCUT2D eigenvalue weighted by atomic mass is 10.1. The highest BCUT2D eigenvalue weighted by Crippen LogP contribution is 2.19. The Morgan fingerprint density at radius 1 is 1.06 bits per heavy atom. The minimum atomic E-state index is -3.90. The van der Waals surface area contributed by atoms with E-state index < -0.39 is 28.5 Å². The van der Waals surface area contributed by atoms with Gasteiger partial charge in [0.25, 0.3) is 0 Å². The number of likely N-dealkylation sites (N-methyl/N-ethyl adjacent to an activating group) is 2. The highest BCUT2D eigenvalue weighted by atomic mass is 35.5. The number of nitrogens with one attached hydrogen (secondary N) is 1. The summed E-state index contributed by atoms with van der Waals surface area (Å²) in [5.74, 6) is -0.716. The van der Waals surface area contributed by atoms with Crippen molar-refractivity contribution in [1.82, 2.24) is 14.5 Å². The monoisotopic (exact) mass is 479 g/mol. The van der Waals surface area contributed by atoms with E-state index >= 15 is 0 Å². The van der Waals surface area contributed by atoms with Gasteiger partial charge in [-0.2, -0.15) is 4.31 Å². The second kappa shape index (κ2) is 11.4. The van der Waals surface area contributed by atoms with Crippen LogP contribution in [0.15, 0.2) is 53.4 Å². The summed E-state index contributed by atoms with van der Waals surface area (Å²) in [6, 6.07) is 12.6. The zero-order valence-corrected chi connectivity index (χ0v) is 20.4. The van der Waals surface area contributed by atoms with Crippen LogP contribution in [0, 0.1) is 6.92 Å². The van der Waals surface area contributed by atoms with Gasteiger partial charge in [-0.05, 0) is 55.7 Å². The van der Waals surface area contributed by atoms with E-state index in [1.165, 1.54) is 36.2 Å². The fraction of sp³-hybridized carbons (Fsp3) is 0.391. The molecule has 2 aromatic rings. The molecule has 7 nitrogen and oxygen atoms in total. The molecule has 0 bridgehead atoms. The van der Waals surface area contributed by atoms with E-state index in [0.29, 0.717) is 18.0 Å². The van der Waals surface area contributed by atoms with Crippen molar-refractivity contribution in [3.05, 3.63) is 64.7 Å².